The SMILES string of the molecule is CCCCOc1ccc(C(=O)NCC(c2ccc(OC)cc2)N(C)C)cc1. The van der Waals surface area contributed by atoms with Crippen LogP contribution in [-0.4, -0.2) is 45.2 Å². The predicted octanol–water partition coefficient (Wildman–Crippen LogP) is 3.91. The number of nitrogens with zero attached hydrogens (tertiary/aromatic N) is 1. The fraction of sp³-hybridized carbons (Fsp3) is 0.409. The minimum absolute atomic E-state index is 0.0801. The lowest BCUT2D eigenvalue weighted by Crippen LogP contribution is -2.34. The van der Waals surface area contributed by atoms with Gasteiger partial charge in [-0.1, -0.05) is 25.5 Å². The minimum atomic E-state index is -0.0875. The van der Waals surface area contributed by atoms with Crippen LogP contribution in [0.15, 0.2) is 48.5 Å². The summed E-state index contributed by atoms with van der Waals surface area (Å²) in [6, 6.07) is 15.3. The highest BCUT2D eigenvalue weighted by atomic mass is 16.5. The molecule has 27 heavy (non-hydrogen) atoms. The summed E-state index contributed by atoms with van der Waals surface area (Å²) in [7, 11) is 5.66. The van der Waals surface area contributed by atoms with E-state index in [9.17, 15) is 4.79 Å². The standard InChI is InChI=1S/C22H30N2O3/c1-5-6-15-27-20-13-9-18(10-14-20)22(25)23-16-21(24(2)3)17-7-11-19(26-4)12-8-17/h7-14,21H,5-6,15-16H2,1-4H3,(H,23,25). The molecule has 0 aliphatic carbocycles. The number of nitrogens with one attached hydrogen (secondary N) is 1. The van der Waals surface area contributed by atoms with Gasteiger partial charge in [-0.05, 0) is 62.5 Å². The van der Waals surface area contributed by atoms with Crippen molar-refractivity contribution in [1.82, 2.24) is 10.2 Å². The Bertz CT molecular complexity index is 697. The van der Waals surface area contributed by atoms with Crippen LogP contribution in [0.3, 0.4) is 0 Å². The Labute approximate surface area is 162 Å². The van der Waals surface area contributed by atoms with Crippen LogP contribution in [0.5, 0.6) is 11.5 Å². The zero-order valence-electron chi connectivity index (χ0n) is 16.7. The van der Waals surface area contributed by atoms with Crippen LogP contribution in [0.25, 0.3) is 0 Å². The fourth-order valence-electron chi connectivity index (χ4n) is 2.75. The van der Waals surface area contributed by atoms with Gasteiger partial charge in [-0.3, -0.25) is 4.79 Å². The molecule has 2 aromatic carbocycles. The largest absolute Gasteiger partial charge is 0.497 e. The number of rotatable bonds is 10. The highest BCUT2D eigenvalue weighted by Gasteiger charge is 2.16. The topological polar surface area (TPSA) is 50.8 Å². The summed E-state index contributed by atoms with van der Waals surface area (Å²) in [4.78, 5) is 14.6. The van der Waals surface area contributed by atoms with Crippen LogP contribution < -0.4 is 14.8 Å². The molecule has 1 amide bonds. The summed E-state index contributed by atoms with van der Waals surface area (Å²) in [5.41, 5.74) is 1.76. The van der Waals surface area contributed by atoms with E-state index < -0.39 is 0 Å². The highest BCUT2D eigenvalue weighted by molar-refractivity contribution is 5.94. The molecule has 0 aliphatic heterocycles. The molecular weight excluding hydrogens is 340 g/mol. The summed E-state index contributed by atoms with van der Waals surface area (Å²) in [5, 5.41) is 3.03. The molecule has 1 atom stereocenters. The van der Waals surface area contributed by atoms with Gasteiger partial charge in [0.15, 0.2) is 0 Å². The number of carbonyl (C=O) groups excluding carboxylic acids is 1. The zero-order chi connectivity index (χ0) is 19.6. The number of ether oxygens (including phenoxy) is 2. The number of carbonyl (C=O) groups is 1. The molecule has 0 fully saturated rings. The van der Waals surface area contributed by atoms with E-state index in [2.05, 4.69) is 17.1 Å². The van der Waals surface area contributed by atoms with E-state index in [0.717, 1.165) is 29.9 Å². The quantitative estimate of drug-likeness (QED) is 0.644. The molecule has 1 N–H and O–H groups in total. The van der Waals surface area contributed by atoms with Crippen molar-refractivity contribution in [2.75, 3.05) is 34.4 Å². The lowest BCUT2D eigenvalue weighted by molar-refractivity contribution is 0.0942. The van der Waals surface area contributed by atoms with Crippen LogP contribution in [0.2, 0.25) is 0 Å². The number of unbranched alkanes of at least 4 members (excludes halogenated alkanes) is 1. The van der Waals surface area contributed by atoms with E-state index in [1.165, 1.54) is 0 Å². The maximum atomic E-state index is 12.5. The lowest BCUT2D eigenvalue weighted by Gasteiger charge is -2.25. The van der Waals surface area contributed by atoms with Gasteiger partial charge in [0, 0.05) is 12.1 Å². The third kappa shape index (κ3) is 6.29. The van der Waals surface area contributed by atoms with Crippen molar-refractivity contribution in [2.45, 2.75) is 25.8 Å². The number of likely N-dealkylation sites (N-methyl/N-ethyl adjacent to an activating group) is 1. The molecule has 5 heteroatoms. The molecule has 0 bridgehead atoms. The van der Waals surface area contributed by atoms with Gasteiger partial charge >= 0.3 is 0 Å². The van der Waals surface area contributed by atoms with Crippen molar-refractivity contribution in [2.24, 2.45) is 0 Å². The van der Waals surface area contributed by atoms with E-state index >= 15 is 0 Å². The second-order valence-electron chi connectivity index (χ2n) is 6.69. The van der Waals surface area contributed by atoms with Gasteiger partial charge in [0.05, 0.1) is 19.8 Å². The number of amides is 1. The van der Waals surface area contributed by atoms with Crippen LogP contribution in [0.1, 0.15) is 41.7 Å². The number of methoxy groups -OCH3 is 1. The van der Waals surface area contributed by atoms with Gasteiger partial charge in [0.1, 0.15) is 11.5 Å². The van der Waals surface area contributed by atoms with Gasteiger partial charge in [-0.2, -0.15) is 0 Å². The molecule has 146 valence electrons. The average Bonchev–Trinajstić information content (AvgIpc) is 2.69. The highest BCUT2D eigenvalue weighted by Crippen LogP contribution is 2.21. The Balaban J connectivity index is 1.94. The summed E-state index contributed by atoms with van der Waals surface area (Å²) in [6.07, 6.45) is 2.13. The molecule has 2 rings (SSSR count). The van der Waals surface area contributed by atoms with E-state index in [1.807, 2.05) is 50.5 Å². The second kappa shape index (κ2) is 10.6. The van der Waals surface area contributed by atoms with Gasteiger partial charge < -0.3 is 19.7 Å². The van der Waals surface area contributed by atoms with E-state index in [-0.39, 0.29) is 11.9 Å². The van der Waals surface area contributed by atoms with Crippen molar-refractivity contribution in [3.8, 4) is 11.5 Å². The van der Waals surface area contributed by atoms with Crippen molar-refractivity contribution in [3.63, 3.8) is 0 Å². The molecule has 0 saturated heterocycles. The third-order valence-corrected chi connectivity index (χ3v) is 4.46. The maximum absolute atomic E-state index is 12.5. The van der Waals surface area contributed by atoms with Crippen LogP contribution in [-0.2, 0) is 0 Å². The zero-order valence-corrected chi connectivity index (χ0v) is 16.7. The maximum Gasteiger partial charge on any atom is 0.251 e. The smallest absolute Gasteiger partial charge is 0.251 e. The molecule has 0 spiro atoms. The Kier molecular flexibility index (Phi) is 8.14. The molecule has 5 nitrogen and oxygen atoms in total. The molecule has 0 aromatic heterocycles. The van der Waals surface area contributed by atoms with E-state index in [1.54, 1.807) is 19.2 Å². The first-order valence-corrected chi connectivity index (χ1v) is 9.36. The normalized spacial score (nSPS) is 11.9. The Hall–Kier alpha value is -2.53. The van der Waals surface area contributed by atoms with Crippen molar-refractivity contribution in [3.05, 3.63) is 59.7 Å². The van der Waals surface area contributed by atoms with Crippen molar-refractivity contribution >= 4 is 5.91 Å². The summed E-state index contributed by atoms with van der Waals surface area (Å²) < 4.78 is 10.9. The van der Waals surface area contributed by atoms with Crippen LogP contribution in [0, 0.1) is 0 Å². The van der Waals surface area contributed by atoms with E-state index in [0.29, 0.717) is 18.7 Å². The van der Waals surface area contributed by atoms with Crippen LogP contribution >= 0.6 is 0 Å². The lowest BCUT2D eigenvalue weighted by atomic mass is 10.1. The molecular formula is C22H30N2O3. The Morgan fingerprint density at radius 3 is 2.22 bits per heavy atom. The van der Waals surface area contributed by atoms with Gasteiger partial charge in [0.2, 0.25) is 0 Å². The first-order chi connectivity index (χ1) is 13.0. The second-order valence-corrected chi connectivity index (χ2v) is 6.69. The molecule has 2 aromatic rings. The summed E-state index contributed by atoms with van der Waals surface area (Å²) >= 11 is 0. The van der Waals surface area contributed by atoms with Crippen molar-refractivity contribution < 1.29 is 14.3 Å². The van der Waals surface area contributed by atoms with Gasteiger partial charge in [0.25, 0.3) is 5.91 Å². The first kappa shape index (κ1) is 20.8. The number of benzene rings is 2. The van der Waals surface area contributed by atoms with Gasteiger partial charge in [-0.15, -0.1) is 0 Å². The van der Waals surface area contributed by atoms with Gasteiger partial charge in [-0.25, -0.2) is 0 Å². The number of hydrogen-bond donors (Lipinski definition) is 1. The summed E-state index contributed by atoms with van der Waals surface area (Å²) in [6.45, 7) is 3.35. The predicted molar refractivity (Wildman–Crippen MR) is 109 cm³/mol. The number of hydrogen-bond acceptors (Lipinski definition) is 4. The molecule has 0 saturated carbocycles. The minimum Gasteiger partial charge on any atom is -0.497 e. The van der Waals surface area contributed by atoms with Crippen LogP contribution in [0.4, 0.5) is 0 Å². The summed E-state index contributed by atoms with van der Waals surface area (Å²) in [5.74, 6) is 1.53. The molecule has 0 aliphatic rings. The molecule has 1 unspecified atom stereocenters. The first-order valence-electron chi connectivity index (χ1n) is 9.36. The van der Waals surface area contributed by atoms with E-state index in [4.69, 9.17) is 9.47 Å². The Morgan fingerprint density at radius 1 is 1.04 bits per heavy atom. The Morgan fingerprint density at radius 2 is 1.67 bits per heavy atom. The average molecular weight is 370 g/mol. The molecule has 0 heterocycles. The fourth-order valence-corrected chi connectivity index (χ4v) is 2.75. The third-order valence-electron chi connectivity index (χ3n) is 4.46. The molecule has 0 radical (unpaired) electrons. The monoisotopic (exact) mass is 370 g/mol. The van der Waals surface area contributed by atoms with Crippen molar-refractivity contribution in [1.29, 1.82) is 0 Å².